The van der Waals surface area contributed by atoms with Crippen LogP contribution in [0, 0.1) is 5.41 Å². The predicted molar refractivity (Wildman–Crippen MR) is 90.4 cm³/mol. The van der Waals surface area contributed by atoms with E-state index in [1.54, 1.807) is 0 Å². The lowest BCUT2D eigenvalue weighted by Gasteiger charge is -2.42. The minimum absolute atomic E-state index is 0.0723. The van der Waals surface area contributed by atoms with Crippen LogP contribution in [0.4, 0.5) is 0 Å². The van der Waals surface area contributed by atoms with Crippen molar-refractivity contribution < 1.29 is 9.90 Å². The molecule has 0 bridgehead atoms. The van der Waals surface area contributed by atoms with Gasteiger partial charge in [-0.25, -0.2) is 0 Å². The molecule has 0 aliphatic carbocycles. The van der Waals surface area contributed by atoms with Crippen molar-refractivity contribution in [3.63, 3.8) is 0 Å². The van der Waals surface area contributed by atoms with Crippen LogP contribution in [0.5, 0.6) is 0 Å². The molecule has 2 aliphatic heterocycles. The first-order valence-corrected chi connectivity index (χ1v) is 8.46. The number of aliphatic hydroxyl groups is 1. The van der Waals surface area contributed by atoms with E-state index in [2.05, 4.69) is 27.6 Å². The number of carbonyl (C=O) groups excluding carboxylic acids is 1. The molecule has 3 heterocycles. The van der Waals surface area contributed by atoms with Gasteiger partial charge in [-0.2, -0.15) is 5.10 Å². The number of aromatic amines is 1. The van der Waals surface area contributed by atoms with E-state index in [0.29, 0.717) is 26.2 Å². The molecule has 1 amide bonds. The van der Waals surface area contributed by atoms with Crippen molar-refractivity contribution in [2.45, 2.75) is 12.8 Å². The third-order valence-electron chi connectivity index (χ3n) is 5.23. The SMILES string of the molecule is O=C(N1CCc2[nH]nc(-c3ccccc3)c2CC1)C1(CO)CNC1. The number of nitrogens with one attached hydrogen (secondary N) is 2. The summed E-state index contributed by atoms with van der Waals surface area (Å²) >= 11 is 0. The van der Waals surface area contributed by atoms with Crippen LogP contribution in [0.15, 0.2) is 30.3 Å². The number of hydrogen-bond acceptors (Lipinski definition) is 4. The normalized spacial score (nSPS) is 19.3. The van der Waals surface area contributed by atoms with Crippen LogP contribution in [0.2, 0.25) is 0 Å². The number of aliphatic hydroxyl groups excluding tert-OH is 1. The number of benzene rings is 1. The Morgan fingerprint density at radius 2 is 1.96 bits per heavy atom. The van der Waals surface area contributed by atoms with E-state index in [1.807, 2.05) is 23.1 Å². The number of amides is 1. The van der Waals surface area contributed by atoms with Gasteiger partial charge in [0.2, 0.25) is 5.91 Å². The van der Waals surface area contributed by atoms with Gasteiger partial charge in [0.05, 0.1) is 17.7 Å². The monoisotopic (exact) mass is 326 g/mol. The molecule has 0 unspecified atom stereocenters. The van der Waals surface area contributed by atoms with E-state index in [1.165, 1.54) is 5.56 Å². The standard InChI is InChI=1S/C18H22N4O2/c23-12-18(10-19-11-18)17(24)22-8-6-14-15(7-9-22)20-21-16(14)13-4-2-1-3-5-13/h1-5,19,23H,6-12H2,(H,20,21). The Morgan fingerprint density at radius 1 is 1.21 bits per heavy atom. The fourth-order valence-electron chi connectivity index (χ4n) is 3.61. The Labute approximate surface area is 140 Å². The smallest absolute Gasteiger partial charge is 0.233 e. The van der Waals surface area contributed by atoms with Gasteiger partial charge in [0.1, 0.15) is 0 Å². The average molecular weight is 326 g/mol. The lowest BCUT2D eigenvalue weighted by atomic mass is 9.81. The van der Waals surface area contributed by atoms with E-state index in [4.69, 9.17) is 0 Å². The first-order valence-electron chi connectivity index (χ1n) is 8.46. The zero-order valence-corrected chi connectivity index (χ0v) is 13.6. The van der Waals surface area contributed by atoms with Crippen LogP contribution in [-0.4, -0.2) is 58.9 Å². The second-order valence-corrected chi connectivity index (χ2v) is 6.73. The zero-order chi connectivity index (χ0) is 16.6. The first-order chi connectivity index (χ1) is 11.7. The molecule has 0 radical (unpaired) electrons. The van der Waals surface area contributed by atoms with Gasteiger partial charge in [0.25, 0.3) is 0 Å². The Bertz CT molecular complexity index is 731. The molecule has 2 aromatic rings. The molecular weight excluding hydrogens is 304 g/mol. The molecule has 126 valence electrons. The molecule has 3 N–H and O–H groups in total. The molecule has 6 heteroatoms. The predicted octanol–water partition coefficient (Wildman–Crippen LogP) is 0.586. The summed E-state index contributed by atoms with van der Waals surface area (Å²) in [5.41, 5.74) is 3.81. The van der Waals surface area contributed by atoms with Crippen molar-refractivity contribution in [1.82, 2.24) is 20.4 Å². The fourth-order valence-corrected chi connectivity index (χ4v) is 3.61. The summed E-state index contributed by atoms with van der Waals surface area (Å²) in [6, 6.07) is 10.1. The van der Waals surface area contributed by atoms with E-state index < -0.39 is 5.41 Å². The molecule has 1 aromatic carbocycles. The lowest BCUT2D eigenvalue weighted by molar-refractivity contribution is -0.148. The number of carbonyl (C=O) groups is 1. The summed E-state index contributed by atoms with van der Waals surface area (Å²) in [6.45, 7) is 2.40. The topological polar surface area (TPSA) is 81.2 Å². The van der Waals surface area contributed by atoms with Gasteiger partial charge >= 0.3 is 0 Å². The minimum Gasteiger partial charge on any atom is -0.395 e. The van der Waals surface area contributed by atoms with E-state index >= 15 is 0 Å². The molecule has 4 rings (SSSR count). The van der Waals surface area contributed by atoms with Crippen LogP contribution in [0.25, 0.3) is 11.3 Å². The van der Waals surface area contributed by atoms with Crippen molar-refractivity contribution in [3.05, 3.63) is 41.6 Å². The van der Waals surface area contributed by atoms with Crippen LogP contribution in [-0.2, 0) is 17.6 Å². The molecule has 1 fully saturated rings. The second kappa shape index (κ2) is 6.03. The van der Waals surface area contributed by atoms with Gasteiger partial charge in [0, 0.05) is 49.4 Å². The zero-order valence-electron chi connectivity index (χ0n) is 13.6. The number of hydrogen-bond donors (Lipinski definition) is 3. The summed E-state index contributed by atoms with van der Waals surface area (Å²) < 4.78 is 0. The summed E-state index contributed by atoms with van der Waals surface area (Å²) in [7, 11) is 0. The minimum atomic E-state index is -0.613. The van der Waals surface area contributed by atoms with Crippen molar-refractivity contribution in [3.8, 4) is 11.3 Å². The highest BCUT2D eigenvalue weighted by Gasteiger charge is 2.46. The Morgan fingerprint density at radius 3 is 2.62 bits per heavy atom. The Balaban J connectivity index is 1.55. The number of rotatable bonds is 3. The summed E-state index contributed by atoms with van der Waals surface area (Å²) in [4.78, 5) is 14.7. The maximum Gasteiger partial charge on any atom is 0.233 e. The van der Waals surface area contributed by atoms with Crippen LogP contribution >= 0.6 is 0 Å². The lowest BCUT2D eigenvalue weighted by Crippen LogP contribution is -2.64. The molecule has 1 aromatic heterocycles. The van der Waals surface area contributed by atoms with Gasteiger partial charge in [0.15, 0.2) is 0 Å². The van der Waals surface area contributed by atoms with E-state index in [0.717, 1.165) is 29.8 Å². The highest BCUT2D eigenvalue weighted by atomic mass is 16.3. The molecule has 6 nitrogen and oxygen atoms in total. The third-order valence-corrected chi connectivity index (χ3v) is 5.23. The van der Waals surface area contributed by atoms with Gasteiger partial charge in [-0.05, 0) is 6.42 Å². The molecule has 2 aliphatic rings. The molecular formula is C18H22N4O2. The summed E-state index contributed by atoms with van der Waals surface area (Å²) in [6.07, 6.45) is 1.56. The Kier molecular flexibility index (Phi) is 3.86. The fraction of sp³-hybridized carbons (Fsp3) is 0.444. The van der Waals surface area contributed by atoms with Crippen LogP contribution < -0.4 is 5.32 Å². The Hall–Kier alpha value is -2.18. The molecule has 0 saturated carbocycles. The molecule has 24 heavy (non-hydrogen) atoms. The van der Waals surface area contributed by atoms with Gasteiger partial charge < -0.3 is 15.3 Å². The highest BCUT2D eigenvalue weighted by Crippen LogP contribution is 2.29. The van der Waals surface area contributed by atoms with Crippen molar-refractivity contribution in [1.29, 1.82) is 0 Å². The van der Waals surface area contributed by atoms with Gasteiger partial charge in [-0.15, -0.1) is 0 Å². The van der Waals surface area contributed by atoms with Crippen molar-refractivity contribution in [2.24, 2.45) is 5.41 Å². The number of aromatic nitrogens is 2. The summed E-state index contributed by atoms with van der Waals surface area (Å²) in [5.74, 6) is 0.0723. The van der Waals surface area contributed by atoms with Crippen LogP contribution in [0.1, 0.15) is 11.3 Å². The molecule has 0 spiro atoms. The number of nitrogens with zero attached hydrogens (tertiary/aromatic N) is 2. The van der Waals surface area contributed by atoms with Gasteiger partial charge in [-0.3, -0.25) is 9.89 Å². The van der Waals surface area contributed by atoms with E-state index in [9.17, 15) is 9.90 Å². The largest absolute Gasteiger partial charge is 0.395 e. The van der Waals surface area contributed by atoms with Crippen molar-refractivity contribution >= 4 is 5.91 Å². The summed E-state index contributed by atoms with van der Waals surface area (Å²) in [5, 5.41) is 20.4. The average Bonchev–Trinajstić information content (AvgIpc) is 2.87. The van der Waals surface area contributed by atoms with Gasteiger partial charge in [-0.1, -0.05) is 30.3 Å². The molecule has 0 atom stereocenters. The quantitative estimate of drug-likeness (QED) is 0.771. The first kappa shape index (κ1) is 15.4. The maximum atomic E-state index is 12.8. The second-order valence-electron chi connectivity index (χ2n) is 6.73. The maximum absolute atomic E-state index is 12.8. The number of fused-ring (bicyclic) bond motifs is 1. The van der Waals surface area contributed by atoms with Crippen LogP contribution in [0.3, 0.4) is 0 Å². The molecule has 1 saturated heterocycles. The van der Waals surface area contributed by atoms with Crippen molar-refractivity contribution in [2.75, 3.05) is 32.8 Å². The van der Waals surface area contributed by atoms with E-state index in [-0.39, 0.29) is 12.5 Å². The highest BCUT2D eigenvalue weighted by molar-refractivity contribution is 5.84. The third kappa shape index (κ3) is 2.42. The number of H-pyrrole nitrogens is 1.